The first-order valence-corrected chi connectivity index (χ1v) is 7.41. The lowest BCUT2D eigenvalue weighted by atomic mass is 10.1. The second kappa shape index (κ2) is 13.6. The molecule has 1 nitrogen and oxygen atoms in total. The first-order chi connectivity index (χ1) is 8.27. The Bertz CT molecular complexity index is 197. The van der Waals surface area contributed by atoms with Crippen LogP contribution in [0.5, 0.6) is 0 Å². The normalized spacial score (nSPS) is 11.9. The Balaban J connectivity index is 3.05. The van der Waals surface area contributed by atoms with Gasteiger partial charge < -0.3 is 5.11 Å². The summed E-state index contributed by atoms with van der Waals surface area (Å²) in [6.07, 6.45) is 13.6. The molecule has 0 aromatic heterocycles. The molecule has 100 valence electrons. The summed E-state index contributed by atoms with van der Waals surface area (Å²) in [6, 6.07) is 0. The van der Waals surface area contributed by atoms with Gasteiger partial charge in [0.2, 0.25) is 0 Å². The Morgan fingerprint density at radius 3 is 1.88 bits per heavy atom. The van der Waals surface area contributed by atoms with E-state index in [1.165, 1.54) is 57.8 Å². The second-order valence-electron chi connectivity index (χ2n) is 4.99. The van der Waals surface area contributed by atoms with Gasteiger partial charge in [-0.2, -0.15) is 0 Å². The highest BCUT2D eigenvalue weighted by atomic mass is 16.3. The van der Waals surface area contributed by atoms with Crippen molar-refractivity contribution in [2.75, 3.05) is 0 Å². The molecule has 0 saturated heterocycles. The van der Waals surface area contributed by atoms with Crippen molar-refractivity contribution in [1.82, 2.24) is 0 Å². The molecule has 0 spiro atoms. The quantitative estimate of drug-likeness (QED) is 0.433. The highest BCUT2D eigenvalue weighted by Gasteiger charge is 1.91. The average molecular weight is 238 g/mol. The van der Waals surface area contributed by atoms with E-state index in [0.29, 0.717) is 6.42 Å². The summed E-state index contributed by atoms with van der Waals surface area (Å²) >= 11 is 0. The lowest BCUT2D eigenvalue weighted by Crippen LogP contribution is -1.95. The van der Waals surface area contributed by atoms with Crippen LogP contribution in [0.1, 0.15) is 84.5 Å². The van der Waals surface area contributed by atoms with Crippen LogP contribution in [0.25, 0.3) is 0 Å². The third kappa shape index (κ3) is 15.5. The zero-order valence-electron chi connectivity index (χ0n) is 11.8. The molecule has 1 atom stereocenters. The summed E-state index contributed by atoms with van der Waals surface area (Å²) in [5.41, 5.74) is 0. The molecule has 0 aliphatic rings. The molecule has 17 heavy (non-hydrogen) atoms. The highest BCUT2D eigenvalue weighted by Crippen LogP contribution is 2.10. The van der Waals surface area contributed by atoms with Crippen molar-refractivity contribution in [1.29, 1.82) is 0 Å². The summed E-state index contributed by atoms with van der Waals surface area (Å²) in [4.78, 5) is 0. The largest absolute Gasteiger partial charge is 0.392 e. The van der Waals surface area contributed by atoms with E-state index in [1.807, 2.05) is 0 Å². The molecule has 1 N–H and O–H groups in total. The number of unbranched alkanes of at least 4 members (excludes halogenated alkanes) is 9. The maximum Gasteiger partial charge on any atom is 0.0621 e. The molecule has 0 rings (SSSR count). The van der Waals surface area contributed by atoms with Crippen molar-refractivity contribution in [3.63, 3.8) is 0 Å². The standard InChI is InChI=1S/C16H30O/c1-3-4-5-6-7-8-9-10-11-12-13-14-15-16(2)17/h16-17H,3-12,15H2,1-2H3. The minimum Gasteiger partial charge on any atom is -0.392 e. The van der Waals surface area contributed by atoms with Crippen LogP contribution in [0, 0.1) is 11.8 Å². The number of aliphatic hydroxyl groups is 1. The summed E-state index contributed by atoms with van der Waals surface area (Å²) in [6.45, 7) is 4.05. The smallest absolute Gasteiger partial charge is 0.0621 e. The van der Waals surface area contributed by atoms with E-state index >= 15 is 0 Å². The summed E-state index contributed by atoms with van der Waals surface area (Å²) in [5, 5.41) is 9.01. The molecule has 0 aliphatic heterocycles. The molecule has 0 aromatic rings. The van der Waals surface area contributed by atoms with Crippen LogP contribution in [-0.2, 0) is 0 Å². The predicted octanol–water partition coefficient (Wildman–Crippen LogP) is 4.68. The fourth-order valence-electron chi connectivity index (χ4n) is 1.83. The van der Waals surface area contributed by atoms with E-state index in [-0.39, 0.29) is 6.10 Å². The summed E-state index contributed by atoms with van der Waals surface area (Å²) in [7, 11) is 0. The zero-order chi connectivity index (χ0) is 12.8. The van der Waals surface area contributed by atoms with Gasteiger partial charge in [0.05, 0.1) is 6.10 Å². The Morgan fingerprint density at radius 1 is 0.824 bits per heavy atom. The second-order valence-corrected chi connectivity index (χ2v) is 4.99. The third-order valence-electron chi connectivity index (χ3n) is 2.93. The van der Waals surface area contributed by atoms with Gasteiger partial charge in [0.1, 0.15) is 0 Å². The number of hydrogen-bond acceptors (Lipinski definition) is 1. The van der Waals surface area contributed by atoms with Gasteiger partial charge >= 0.3 is 0 Å². The van der Waals surface area contributed by atoms with Crippen LogP contribution in [0.4, 0.5) is 0 Å². The Morgan fingerprint density at radius 2 is 1.35 bits per heavy atom. The monoisotopic (exact) mass is 238 g/mol. The van der Waals surface area contributed by atoms with Crippen LogP contribution in [-0.4, -0.2) is 11.2 Å². The molecule has 0 aromatic carbocycles. The van der Waals surface area contributed by atoms with Gasteiger partial charge in [-0.1, -0.05) is 58.3 Å². The van der Waals surface area contributed by atoms with Crippen LogP contribution in [0.3, 0.4) is 0 Å². The van der Waals surface area contributed by atoms with Gasteiger partial charge in [0, 0.05) is 12.8 Å². The Hall–Kier alpha value is -0.480. The highest BCUT2D eigenvalue weighted by molar-refractivity contribution is 4.99. The van der Waals surface area contributed by atoms with Gasteiger partial charge in [-0.05, 0) is 13.3 Å². The maximum atomic E-state index is 9.01. The van der Waals surface area contributed by atoms with Crippen LogP contribution in [0.15, 0.2) is 0 Å². The zero-order valence-corrected chi connectivity index (χ0v) is 11.8. The molecule has 0 amide bonds. The van der Waals surface area contributed by atoms with E-state index in [0.717, 1.165) is 6.42 Å². The molecule has 0 saturated carbocycles. The van der Waals surface area contributed by atoms with Gasteiger partial charge in [-0.3, -0.25) is 0 Å². The lowest BCUT2D eigenvalue weighted by molar-refractivity contribution is 0.201. The fraction of sp³-hybridized carbons (Fsp3) is 0.875. The van der Waals surface area contributed by atoms with Crippen LogP contribution >= 0.6 is 0 Å². The molecule has 0 fully saturated rings. The number of aliphatic hydroxyl groups excluding tert-OH is 1. The molecule has 0 aliphatic carbocycles. The van der Waals surface area contributed by atoms with Crippen LogP contribution in [0.2, 0.25) is 0 Å². The Labute approximate surface area is 108 Å². The van der Waals surface area contributed by atoms with E-state index in [9.17, 15) is 0 Å². The van der Waals surface area contributed by atoms with Gasteiger partial charge in [-0.15, -0.1) is 11.8 Å². The van der Waals surface area contributed by atoms with E-state index in [2.05, 4.69) is 18.8 Å². The van der Waals surface area contributed by atoms with Crippen molar-refractivity contribution < 1.29 is 5.11 Å². The summed E-state index contributed by atoms with van der Waals surface area (Å²) in [5.74, 6) is 6.14. The van der Waals surface area contributed by atoms with Crippen molar-refractivity contribution in [3.05, 3.63) is 0 Å². The Kier molecular flexibility index (Phi) is 13.2. The van der Waals surface area contributed by atoms with Crippen molar-refractivity contribution in [2.45, 2.75) is 90.6 Å². The van der Waals surface area contributed by atoms with E-state index < -0.39 is 0 Å². The maximum absolute atomic E-state index is 9.01. The molecule has 1 heteroatoms. The van der Waals surface area contributed by atoms with Gasteiger partial charge in [0.15, 0.2) is 0 Å². The van der Waals surface area contributed by atoms with E-state index in [4.69, 9.17) is 5.11 Å². The number of hydrogen-bond donors (Lipinski definition) is 1. The molecule has 0 bridgehead atoms. The number of rotatable bonds is 10. The molecular formula is C16H30O. The topological polar surface area (TPSA) is 20.2 Å². The van der Waals surface area contributed by atoms with Crippen molar-refractivity contribution in [3.8, 4) is 11.8 Å². The van der Waals surface area contributed by atoms with Crippen molar-refractivity contribution >= 4 is 0 Å². The average Bonchev–Trinajstić information content (AvgIpc) is 2.30. The van der Waals surface area contributed by atoms with Crippen LogP contribution < -0.4 is 0 Å². The SMILES string of the molecule is CCCCCCCCCCCC#CCC(C)O. The molecular weight excluding hydrogens is 208 g/mol. The fourth-order valence-corrected chi connectivity index (χ4v) is 1.83. The van der Waals surface area contributed by atoms with E-state index in [1.54, 1.807) is 6.92 Å². The minimum absolute atomic E-state index is 0.273. The molecule has 1 unspecified atom stereocenters. The molecule has 0 radical (unpaired) electrons. The minimum atomic E-state index is -0.273. The van der Waals surface area contributed by atoms with Gasteiger partial charge in [-0.25, -0.2) is 0 Å². The lowest BCUT2D eigenvalue weighted by Gasteiger charge is -2.00. The summed E-state index contributed by atoms with van der Waals surface area (Å²) < 4.78 is 0. The first kappa shape index (κ1) is 16.5. The van der Waals surface area contributed by atoms with Crippen molar-refractivity contribution in [2.24, 2.45) is 0 Å². The first-order valence-electron chi connectivity index (χ1n) is 7.41. The third-order valence-corrected chi connectivity index (χ3v) is 2.93. The molecule has 0 heterocycles. The predicted molar refractivity (Wildman–Crippen MR) is 75.9 cm³/mol. The van der Waals surface area contributed by atoms with Gasteiger partial charge in [0.25, 0.3) is 0 Å².